The van der Waals surface area contributed by atoms with Crippen molar-refractivity contribution < 1.29 is 14.1 Å². The van der Waals surface area contributed by atoms with Crippen molar-refractivity contribution in [3.63, 3.8) is 0 Å². The number of carbonyl (C=O) groups excluding carboxylic acids is 2. The number of nitrogens with one attached hydrogen (secondary N) is 3. The molecule has 4 heterocycles. The fraction of sp³-hybridized carbons (Fsp3) is 0.448. The van der Waals surface area contributed by atoms with E-state index in [9.17, 15) is 9.59 Å². The number of benzene rings is 1. The molecule has 1 aromatic carbocycles. The summed E-state index contributed by atoms with van der Waals surface area (Å²) in [6, 6.07) is 10.2. The zero-order valence-electron chi connectivity index (χ0n) is 24.4. The van der Waals surface area contributed by atoms with Crippen molar-refractivity contribution in [2.45, 2.75) is 64.6 Å². The van der Waals surface area contributed by atoms with E-state index in [1.165, 1.54) is 0 Å². The first kappa shape index (κ1) is 28.1. The summed E-state index contributed by atoms with van der Waals surface area (Å²) in [5, 5.41) is 18.7. The maximum absolute atomic E-state index is 12.7. The van der Waals surface area contributed by atoms with Gasteiger partial charge in [0.2, 0.25) is 5.89 Å². The first-order valence-electron chi connectivity index (χ1n) is 13.8. The van der Waals surface area contributed by atoms with Crippen LogP contribution < -0.4 is 10.6 Å². The lowest BCUT2D eigenvalue weighted by Gasteiger charge is -2.39. The Labute approximate surface area is 238 Å². The monoisotopic (exact) mass is 559 g/mol. The van der Waals surface area contributed by atoms with E-state index in [4.69, 9.17) is 4.52 Å². The van der Waals surface area contributed by atoms with Crippen molar-refractivity contribution in [2.24, 2.45) is 0 Å². The summed E-state index contributed by atoms with van der Waals surface area (Å²) in [4.78, 5) is 37.4. The van der Waals surface area contributed by atoms with Crippen molar-refractivity contribution in [3.8, 4) is 11.1 Å². The van der Waals surface area contributed by atoms with Crippen LogP contribution in [0, 0.1) is 0 Å². The van der Waals surface area contributed by atoms with Crippen LogP contribution in [-0.2, 0) is 12.0 Å². The third-order valence-corrected chi connectivity index (χ3v) is 7.30. The van der Waals surface area contributed by atoms with Crippen LogP contribution in [0.15, 0.2) is 41.1 Å². The molecular weight excluding hydrogens is 522 g/mol. The van der Waals surface area contributed by atoms with E-state index < -0.39 is 0 Å². The lowest BCUT2D eigenvalue weighted by Crippen LogP contribution is -2.52. The first-order valence-corrected chi connectivity index (χ1v) is 13.8. The quantitative estimate of drug-likeness (QED) is 0.319. The topological polar surface area (TPSA) is 145 Å². The Morgan fingerprint density at radius 3 is 2.59 bits per heavy atom. The molecule has 5 rings (SSSR count). The normalized spacial score (nSPS) is 17.5. The predicted octanol–water partition coefficient (Wildman–Crippen LogP) is 4.18. The minimum absolute atomic E-state index is 0.0153. The van der Waals surface area contributed by atoms with Gasteiger partial charge in [0.1, 0.15) is 0 Å². The Morgan fingerprint density at radius 1 is 1.15 bits per heavy atom. The molecule has 0 aliphatic carbocycles. The fourth-order valence-electron chi connectivity index (χ4n) is 4.92. The average molecular weight is 560 g/mol. The standard InChI is InChI=1S/C29H37N9O3/c1-17-7-12-20(16-38(17)28(40)37(5)6)32-24-22-21(13-14-30-23(22)34-35-24)19-10-8-18(9-11-19)15-31-26(39)25-33-27(41-36-25)29(2,3)4/h8-11,13-14,17,20H,7,12,15-16H2,1-6H3,(H,31,39)(H2,30,32,34,35)/t17-,20+/m0/s1. The van der Waals surface area contributed by atoms with Crippen molar-refractivity contribution in [3.05, 3.63) is 53.8 Å². The van der Waals surface area contributed by atoms with Gasteiger partial charge in [-0.2, -0.15) is 10.1 Å². The van der Waals surface area contributed by atoms with Crippen molar-refractivity contribution in [1.82, 2.24) is 40.4 Å². The maximum Gasteiger partial charge on any atom is 0.319 e. The highest BCUT2D eigenvalue weighted by Gasteiger charge is 2.31. The lowest BCUT2D eigenvalue weighted by molar-refractivity contribution is 0.0937. The summed E-state index contributed by atoms with van der Waals surface area (Å²) in [5.41, 5.74) is 3.26. The number of rotatable bonds is 6. The van der Waals surface area contributed by atoms with Crippen molar-refractivity contribution in [2.75, 3.05) is 26.0 Å². The van der Waals surface area contributed by atoms with E-state index in [-0.39, 0.29) is 35.3 Å². The number of amides is 3. The summed E-state index contributed by atoms with van der Waals surface area (Å²) < 4.78 is 5.22. The number of pyridine rings is 1. The fourth-order valence-corrected chi connectivity index (χ4v) is 4.92. The SMILES string of the molecule is C[C@H]1CC[C@@H](Nc2n[nH]c3nccc(-c4ccc(CNC(=O)c5noc(C(C)(C)C)n5)cc4)c23)CN1C(=O)N(C)C. The largest absolute Gasteiger partial charge is 0.364 e. The second-order valence-corrected chi connectivity index (χ2v) is 11.8. The van der Waals surface area contributed by atoms with Crippen LogP contribution in [0.1, 0.15) is 62.6 Å². The molecule has 12 nitrogen and oxygen atoms in total. The Hall–Kier alpha value is -4.48. The summed E-state index contributed by atoms with van der Waals surface area (Å²) in [6.45, 7) is 8.85. The van der Waals surface area contributed by atoms with Crippen LogP contribution in [0.4, 0.5) is 10.6 Å². The van der Waals surface area contributed by atoms with Crippen LogP contribution >= 0.6 is 0 Å². The van der Waals surface area contributed by atoms with Gasteiger partial charge in [-0.1, -0.05) is 50.2 Å². The smallest absolute Gasteiger partial charge is 0.319 e. The molecule has 0 unspecified atom stereocenters. The molecule has 3 aromatic heterocycles. The highest BCUT2D eigenvalue weighted by molar-refractivity contribution is 6.00. The number of H-pyrrole nitrogens is 1. The number of aromatic amines is 1. The Bertz CT molecular complexity index is 1540. The van der Waals surface area contributed by atoms with Gasteiger partial charge in [-0.15, -0.1) is 0 Å². The predicted molar refractivity (Wildman–Crippen MR) is 155 cm³/mol. The minimum Gasteiger partial charge on any atom is -0.364 e. The maximum atomic E-state index is 12.7. The molecule has 3 N–H and O–H groups in total. The molecule has 0 spiro atoms. The van der Waals surface area contributed by atoms with Crippen LogP contribution in [0.25, 0.3) is 22.2 Å². The van der Waals surface area contributed by atoms with Gasteiger partial charge < -0.3 is 25.0 Å². The molecule has 0 saturated carbocycles. The Kier molecular flexibility index (Phi) is 7.65. The molecule has 12 heteroatoms. The van der Waals surface area contributed by atoms with Crippen LogP contribution in [0.2, 0.25) is 0 Å². The zero-order valence-corrected chi connectivity index (χ0v) is 24.4. The van der Waals surface area contributed by atoms with E-state index in [1.54, 1.807) is 25.2 Å². The van der Waals surface area contributed by atoms with Gasteiger partial charge in [0, 0.05) is 50.9 Å². The molecule has 1 aliphatic heterocycles. The lowest BCUT2D eigenvalue weighted by atomic mass is 9.97. The Balaban J connectivity index is 1.29. The van der Waals surface area contributed by atoms with E-state index in [0.717, 1.165) is 34.9 Å². The number of hydrogen-bond acceptors (Lipinski definition) is 8. The van der Waals surface area contributed by atoms with Gasteiger partial charge >= 0.3 is 6.03 Å². The number of anilines is 1. The number of urea groups is 1. The number of piperidine rings is 1. The zero-order chi connectivity index (χ0) is 29.3. The third kappa shape index (κ3) is 6.01. The molecule has 4 aromatic rings. The van der Waals surface area contributed by atoms with Gasteiger partial charge in [0.25, 0.3) is 11.7 Å². The molecule has 3 amide bonds. The number of aromatic nitrogens is 5. The molecular formula is C29H37N9O3. The minimum atomic E-state index is -0.388. The molecule has 1 fully saturated rings. The van der Waals surface area contributed by atoms with E-state index in [1.807, 2.05) is 56.0 Å². The van der Waals surface area contributed by atoms with Gasteiger partial charge in [-0.25, -0.2) is 9.78 Å². The molecule has 1 saturated heterocycles. The Morgan fingerprint density at radius 2 is 1.90 bits per heavy atom. The van der Waals surface area contributed by atoms with Crippen molar-refractivity contribution >= 4 is 28.8 Å². The van der Waals surface area contributed by atoms with Gasteiger partial charge in [0.15, 0.2) is 11.5 Å². The van der Waals surface area contributed by atoms with Gasteiger partial charge in [-0.3, -0.25) is 9.89 Å². The molecule has 0 bridgehead atoms. The molecule has 41 heavy (non-hydrogen) atoms. The van der Waals surface area contributed by atoms with E-state index >= 15 is 0 Å². The number of likely N-dealkylation sites (tertiary alicyclic amines) is 1. The number of fused-ring (bicyclic) bond motifs is 1. The highest BCUT2D eigenvalue weighted by Crippen LogP contribution is 2.33. The van der Waals surface area contributed by atoms with Gasteiger partial charge in [0.05, 0.1) is 5.39 Å². The van der Waals surface area contributed by atoms with Crippen molar-refractivity contribution in [1.29, 1.82) is 0 Å². The van der Waals surface area contributed by atoms with Crippen LogP contribution in [0.5, 0.6) is 0 Å². The molecule has 2 atom stereocenters. The average Bonchev–Trinajstić information content (AvgIpc) is 3.61. The third-order valence-electron chi connectivity index (χ3n) is 7.30. The molecule has 0 radical (unpaired) electrons. The number of nitrogens with zero attached hydrogens (tertiary/aromatic N) is 6. The highest BCUT2D eigenvalue weighted by atomic mass is 16.5. The molecule has 1 aliphatic rings. The number of hydrogen-bond donors (Lipinski definition) is 3. The summed E-state index contributed by atoms with van der Waals surface area (Å²) in [7, 11) is 3.56. The second-order valence-electron chi connectivity index (χ2n) is 11.8. The first-order chi connectivity index (χ1) is 19.5. The van der Waals surface area contributed by atoms with Crippen LogP contribution in [0.3, 0.4) is 0 Å². The second kappa shape index (κ2) is 11.2. The summed E-state index contributed by atoms with van der Waals surface area (Å²) in [6.07, 6.45) is 3.60. The van der Waals surface area contributed by atoms with Gasteiger partial charge in [-0.05, 0) is 42.5 Å². The summed E-state index contributed by atoms with van der Waals surface area (Å²) in [5.74, 6) is 0.765. The molecule has 216 valence electrons. The van der Waals surface area contributed by atoms with E-state index in [0.29, 0.717) is 30.4 Å². The van der Waals surface area contributed by atoms with E-state index in [2.05, 4.69) is 42.9 Å². The number of carbonyl (C=O) groups is 2. The summed E-state index contributed by atoms with van der Waals surface area (Å²) >= 11 is 0. The van der Waals surface area contributed by atoms with Crippen LogP contribution in [-0.4, -0.2) is 79.8 Å².